The molecule has 4 aliphatic rings. The highest BCUT2D eigenvalue weighted by molar-refractivity contribution is 5.96. The fourth-order valence-corrected chi connectivity index (χ4v) is 6.93. The lowest BCUT2D eigenvalue weighted by molar-refractivity contribution is -0.950. The second-order valence-electron chi connectivity index (χ2n) is 9.87. The van der Waals surface area contributed by atoms with Gasteiger partial charge in [0.1, 0.15) is 17.4 Å². The lowest BCUT2D eigenvalue weighted by atomic mass is 9.48. The third kappa shape index (κ3) is 2.21. The number of carbonyl (C=O) groups excluding carboxylic acids is 1. The summed E-state index contributed by atoms with van der Waals surface area (Å²) in [5.41, 5.74) is 6.38. The molecule has 4 N–H and O–H groups in total. The van der Waals surface area contributed by atoms with Crippen molar-refractivity contribution in [1.29, 1.82) is 0 Å². The molecular weight excluding hydrogens is 340 g/mol. The van der Waals surface area contributed by atoms with E-state index in [9.17, 15) is 15.0 Å². The molecule has 2 bridgehead atoms. The van der Waals surface area contributed by atoms with Gasteiger partial charge in [0, 0.05) is 29.7 Å². The second kappa shape index (κ2) is 5.48. The van der Waals surface area contributed by atoms with E-state index in [-0.39, 0.29) is 17.4 Å². The first kappa shape index (κ1) is 17.5. The zero-order chi connectivity index (χ0) is 19.0. The van der Waals surface area contributed by atoms with Gasteiger partial charge < -0.3 is 20.4 Å². The van der Waals surface area contributed by atoms with E-state index >= 15 is 0 Å². The monoisotopic (exact) mass is 371 g/mol. The van der Waals surface area contributed by atoms with E-state index in [4.69, 9.17) is 5.73 Å². The minimum absolute atomic E-state index is 0.0251. The Labute approximate surface area is 160 Å². The van der Waals surface area contributed by atoms with E-state index in [1.165, 1.54) is 12.8 Å². The van der Waals surface area contributed by atoms with E-state index in [0.29, 0.717) is 0 Å². The van der Waals surface area contributed by atoms with Gasteiger partial charge in [-0.1, -0.05) is 18.9 Å². The number of rotatable bonds is 3. The van der Waals surface area contributed by atoms with Crippen LogP contribution in [0, 0.1) is 5.92 Å². The van der Waals surface area contributed by atoms with E-state index < -0.39 is 16.9 Å². The van der Waals surface area contributed by atoms with Crippen LogP contribution in [0.15, 0.2) is 12.1 Å². The van der Waals surface area contributed by atoms with Crippen molar-refractivity contribution in [2.75, 3.05) is 20.1 Å². The van der Waals surface area contributed by atoms with Crippen LogP contribution in [-0.2, 0) is 11.8 Å². The van der Waals surface area contributed by atoms with Gasteiger partial charge >= 0.3 is 0 Å². The molecule has 0 aromatic heterocycles. The van der Waals surface area contributed by atoms with Gasteiger partial charge in [-0.15, -0.1) is 0 Å². The molecule has 3 fully saturated rings. The van der Waals surface area contributed by atoms with Gasteiger partial charge in [0.25, 0.3) is 5.91 Å². The maximum Gasteiger partial charge on any atom is 0.252 e. The minimum Gasteiger partial charge on any atom is -0.507 e. The molecule has 27 heavy (non-hydrogen) atoms. The van der Waals surface area contributed by atoms with Crippen molar-refractivity contribution in [2.24, 2.45) is 11.7 Å². The molecule has 1 aliphatic heterocycles. The molecule has 2 saturated carbocycles. The fraction of sp³-hybridized carbons (Fsp3) is 0.682. The fourth-order valence-electron chi connectivity index (χ4n) is 6.93. The third-order valence-electron chi connectivity index (χ3n) is 8.39. The number of benzene rings is 1. The zero-order valence-corrected chi connectivity index (χ0v) is 16.2. The number of primary amides is 1. The van der Waals surface area contributed by atoms with Crippen LogP contribution in [0.5, 0.6) is 5.75 Å². The number of piperidine rings is 1. The first-order chi connectivity index (χ1) is 12.8. The van der Waals surface area contributed by atoms with Crippen LogP contribution in [-0.4, -0.2) is 52.4 Å². The minimum atomic E-state index is -0.812. The quantitative estimate of drug-likeness (QED) is 0.713. The van der Waals surface area contributed by atoms with Crippen molar-refractivity contribution in [3.8, 4) is 5.75 Å². The molecule has 5 heteroatoms. The van der Waals surface area contributed by atoms with Crippen LogP contribution in [0.25, 0.3) is 0 Å². The summed E-state index contributed by atoms with van der Waals surface area (Å²) >= 11 is 0. The Balaban J connectivity index is 1.71. The SMILES string of the molecule is C[N@+]1(CC2CC2)CC[C@]23CCCCC2(O)[C@H]1Cc1ccc(C(N)=O)c(O)c13. The number of fused-ring (bicyclic) bond motifs is 1. The molecule has 0 spiro atoms. The molecule has 1 heterocycles. The summed E-state index contributed by atoms with van der Waals surface area (Å²) in [5, 5.41) is 23.2. The number of nitrogens with zero attached hydrogens (tertiary/aromatic N) is 1. The summed E-state index contributed by atoms with van der Waals surface area (Å²) < 4.78 is 0.945. The average molecular weight is 372 g/mol. The Hall–Kier alpha value is -1.59. The van der Waals surface area contributed by atoms with Crippen molar-refractivity contribution >= 4 is 5.91 Å². The molecule has 3 aliphatic carbocycles. The number of likely N-dealkylation sites (N-methyl/N-ethyl adjacent to an activating group) is 1. The van der Waals surface area contributed by atoms with Crippen LogP contribution in [0.4, 0.5) is 0 Å². The molecule has 1 aromatic rings. The highest BCUT2D eigenvalue weighted by Crippen LogP contribution is 2.61. The van der Waals surface area contributed by atoms with Crippen molar-refractivity contribution in [3.63, 3.8) is 0 Å². The van der Waals surface area contributed by atoms with E-state index in [1.807, 2.05) is 6.07 Å². The van der Waals surface area contributed by atoms with Crippen molar-refractivity contribution in [3.05, 3.63) is 28.8 Å². The van der Waals surface area contributed by atoms with Gasteiger partial charge in [-0.3, -0.25) is 4.79 Å². The van der Waals surface area contributed by atoms with Crippen molar-refractivity contribution in [2.45, 2.75) is 68.4 Å². The number of likely N-dealkylation sites (tertiary alicyclic amines) is 1. The van der Waals surface area contributed by atoms with Crippen LogP contribution in [0.2, 0.25) is 0 Å². The summed E-state index contributed by atoms with van der Waals surface area (Å²) in [7, 11) is 2.34. The van der Waals surface area contributed by atoms with Crippen molar-refractivity contribution in [1.82, 2.24) is 0 Å². The number of amides is 1. The maximum atomic E-state index is 12.2. The summed E-state index contributed by atoms with van der Waals surface area (Å²) in [4.78, 5) is 11.8. The molecule has 1 amide bonds. The largest absolute Gasteiger partial charge is 0.507 e. The molecular formula is C22H31N2O3+. The van der Waals surface area contributed by atoms with Crippen molar-refractivity contribution < 1.29 is 19.5 Å². The van der Waals surface area contributed by atoms with Gasteiger partial charge in [0.05, 0.1) is 25.7 Å². The topological polar surface area (TPSA) is 83.5 Å². The van der Waals surface area contributed by atoms with Gasteiger partial charge in [-0.2, -0.15) is 0 Å². The summed E-state index contributed by atoms with van der Waals surface area (Å²) in [6.07, 6.45) is 8.04. The Kier molecular flexibility index (Phi) is 3.55. The highest BCUT2D eigenvalue weighted by atomic mass is 16.3. The average Bonchev–Trinajstić information content (AvgIpc) is 3.42. The standard InChI is InChI=1S/C22H30N2O3/c1-24(13-14-4-5-14)11-10-21-8-2-3-9-22(21,27)17(24)12-15-6-7-16(20(23)26)19(25)18(15)21/h6-7,14,17,27H,2-5,8-13H2,1H3,(H2-,23,25,26)/p+1/t17-,21+,22?,24-/m1/s1. The number of phenols is 1. The first-order valence-corrected chi connectivity index (χ1v) is 10.5. The first-order valence-electron chi connectivity index (χ1n) is 10.5. The molecule has 1 unspecified atom stereocenters. The Morgan fingerprint density at radius 1 is 1.26 bits per heavy atom. The summed E-state index contributed by atoms with van der Waals surface area (Å²) in [6, 6.07) is 3.81. The van der Waals surface area contributed by atoms with Gasteiger partial charge in [0.2, 0.25) is 0 Å². The predicted octanol–water partition coefficient (Wildman–Crippen LogP) is 2.22. The molecule has 0 radical (unpaired) electrons. The van der Waals surface area contributed by atoms with E-state index in [1.54, 1.807) is 6.07 Å². The maximum absolute atomic E-state index is 12.2. The molecule has 1 aromatic carbocycles. The smallest absolute Gasteiger partial charge is 0.252 e. The second-order valence-corrected chi connectivity index (χ2v) is 9.87. The van der Waals surface area contributed by atoms with E-state index in [0.717, 1.165) is 73.1 Å². The Morgan fingerprint density at radius 3 is 2.70 bits per heavy atom. The van der Waals surface area contributed by atoms with Gasteiger partial charge in [-0.05, 0) is 37.3 Å². The van der Waals surface area contributed by atoms with Crippen LogP contribution in [0.3, 0.4) is 0 Å². The molecule has 5 rings (SSSR count). The lowest BCUT2D eigenvalue weighted by Crippen LogP contribution is -2.77. The van der Waals surface area contributed by atoms with E-state index in [2.05, 4.69) is 7.05 Å². The summed E-state index contributed by atoms with van der Waals surface area (Å²) in [5.74, 6) is 0.233. The Morgan fingerprint density at radius 2 is 2.00 bits per heavy atom. The number of carbonyl (C=O) groups is 1. The van der Waals surface area contributed by atoms with Gasteiger partial charge in [0.15, 0.2) is 0 Å². The third-order valence-corrected chi connectivity index (χ3v) is 8.39. The Bertz CT molecular complexity index is 820. The number of aromatic hydroxyl groups is 1. The highest BCUT2D eigenvalue weighted by Gasteiger charge is 2.69. The van der Waals surface area contributed by atoms with Gasteiger partial charge in [-0.25, -0.2) is 0 Å². The molecule has 5 nitrogen and oxygen atoms in total. The number of hydrogen-bond donors (Lipinski definition) is 3. The van der Waals surface area contributed by atoms with Crippen LogP contribution >= 0.6 is 0 Å². The van der Waals surface area contributed by atoms with Crippen LogP contribution < -0.4 is 5.73 Å². The zero-order valence-electron chi connectivity index (χ0n) is 16.2. The number of quaternary nitrogens is 1. The predicted molar refractivity (Wildman–Crippen MR) is 102 cm³/mol. The number of nitrogens with two attached hydrogens (primary N) is 1. The number of aliphatic hydroxyl groups is 1. The molecule has 1 saturated heterocycles. The lowest BCUT2D eigenvalue weighted by Gasteiger charge is -2.65. The normalized spacial score (nSPS) is 40.1. The molecule has 4 atom stereocenters. The van der Waals surface area contributed by atoms with Crippen LogP contribution in [0.1, 0.15) is 66.4 Å². The number of hydrogen-bond acceptors (Lipinski definition) is 3. The summed E-state index contributed by atoms with van der Waals surface area (Å²) in [6.45, 7) is 2.19. The molecule has 146 valence electrons.